The molecule has 0 fully saturated rings. The molecule has 0 radical (unpaired) electrons. The van der Waals surface area contributed by atoms with Crippen molar-refractivity contribution in [2.75, 3.05) is 6.54 Å². The fourth-order valence-electron chi connectivity index (χ4n) is 2.42. The highest BCUT2D eigenvalue weighted by atomic mass is 79.9. The first-order valence-corrected chi connectivity index (χ1v) is 8.34. The van der Waals surface area contributed by atoms with Gasteiger partial charge in [0.15, 0.2) is 0 Å². The Morgan fingerprint density at radius 3 is 2.81 bits per heavy atom. The largest absolute Gasteiger partial charge is 0.305 e. The first-order valence-electron chi connectivity index (χ1n) is 7.55. The molecule has 114 valence electrons. The van der Waals surface area contributed by atoms with Gasteiger partial charge in [0.25, 0.3) is 0 Å². The molecule has 5 heteroatoms. The molecule has 2 rings (SSSR count). The number of hydrogen-bond acceptors (Lipinski definition) is 3. The van der Waals surface area contributed by atoms with Crippen LogP contribution in [0.2, 0.25) is 0 Å². The van der Waals surface area contributed by atoms with Crippen LogP contribution in [-0.2, 0) is 6.54 Å². The molecule has 1 atom stereocenters. The lowest BCUT2D eigenvalue weighted by molar-refractivity contribution is 0.503. The second-order valence-corrected chi connectivity index (χ2v) is 6.15. The lowest BCUT2D eigenvalue weighted by Crippen LogP contribution is -2.26. The summed E-state index contributed by atoms with van der Waals surface area (Å²) in [5.74, 6) is 0. The molecule has 0 saturated heterocycles. The van der Waals surface area contributed by atoms with E-state index < -0.39 is 0 Å². The van der Waals surface area contributed by atoms with Gasteiger partial charge in [-0.3, -0.25) is 0 Å². The molecule has 1 aromatic carbocycles. The number of benzene rings is 1. The molecule has 0 amide bonds. The number of halogens is 1. The normalized spacial score (nSPS) is 12.6. The number of aryl methyl sites for hydroxylation is 2. The highest BCUT2D eigenvalue weighted by molar-refractivity contribution is 9.10. The van der Waals surface area contributed by atoms with E-state index in [0.29, 0.717) is 0 Å². The molecular weight excluding hydrogens is 328 g/mol. The first kappa shape index (κ1) is 16.2. The molecule has 4 nitrogen and oxygen atoms in total. The topological polar surface area (TPSA) is 42.7 Å². The van der Waals surface area contributed by atoms with E-state index in [1.165, 1.54) is 11.1 Å². The molecule has 0 saturated carbocycles. The Hall–Kier alpha value is -1.20. The van der Waals surface area contributed by atoms with Crippen LogP contribution in [0.4, 0.5) is 0 Å². The Balaban J connectivity index is 2.42. The molecule has 0 aliphatic carbocycles. The summed E-state index contributed by atoms with van der Waals surface area (Å²) in [5, 5.41) is 12.0. The van der Waals surface area contributed by atoms with Crippen LogP contribution < -0.4 is 5.32 Å². The molecule has 1 unspecified atom stereocenters. The highest BCUT2D eigenvalue weighted by Gasteiger charge is 2.20. The van der Waals surface area contributed by atoms with Gasteiger partial charge < -0.3 is 5.32 Å². The van der Waals surface area contributed by atoms with Crippen LogP contribution in [0.3, 0.4) is 0 Å². The van der Waals surface area contributed by atoms with Gasteiger partial charge in [0.2, 0.25) is 0 Å². The number of nitrogens with one attached hydrogen (secondary N) is 1. The summed E-state index contributed by atoms with van der Waals surface area (Å²) in [6.45, 7) is 8.30. The summed E-state index contributed by atoms with van der Waals surface area (Å²) in [5.41, 5.74) is 3.62. The molecular formula is C16H23BrN4. The fourth-order valence-corrected chi connectivity index (χ4v) is 2.90. The van der Waals surface area contributed by atoms with E-state index in [1.807, 2.05) is 10.9 Å². The monoisotopic (exact) mass is 350 g/mol. The third kappa shape index (κ3) is 3.92. The molecule has 0 bridgehead atoms. The molecule has 0 aliphatic rings. The third-order valence-electron chi connectivity index (χ3n) is 3.44. The van der Waals surface area contributed by atoms with Gasteiger partial charge in [0.1, 0.15) is 0 Å². The molecule has 0 aliphatic heterocycles. The Morgan fingerprint density at radius 1 is 1.29 bits per heavy atom. The molecule has 1 N–H and O–H groups in total. The van der Waals surface area contributed by atoms with Crippen molar-refractivity contribution in [1.29, 1.82) is 0 Å². The minimum absolute atomic E-state index is 0.112. The Kier molecular flexibility index (Phi) is 5.94. The van der Waals surface area contributed by atoms with Gasteiger partial charge in [0, 0.05) is 11.0 Å². The van der Waals surface area contributed by atoms with Gasteiger partial charge in [-0.2, -0.15) is 0 Å². The van der Waals surface area contributed by atoms with Gasteiger partial charge in [0.05, 0.1) is 17.9 Å². The van der Waals surface area contributed by atoms with Crippen molar-refractivity contribution in [2.24, 2.45) is 0 Å². The van der Waals surface area contributed by atoms with Crippen molar-refractivity contribution in [2.45, 2.75) is 46.2 Å². The Morgan fingerprint density at radius 2 is 2.10 bits per heavy atom. The fraction of sp³-hybridized carbons (Fsp3) is 0.500. The van der Waals surface area contributed by atoms with Gasteiger partial charge in [-0.05, 0) is 37.9 Å². The van der Waals surface area contributed by atoms with Crippen LogP contribution in [-0.4, -0.2) is 21.5 Å². The second-order valence-electron chi connectivity index (χ2n) is 5.29. The highest BCUT2D eigenvalue weighted by Crippen LogP contribution is 2.29. The maximum absolute atomic E-state index is 4.22. The van der Waals surface area contributed by atoms with E-state index in [4.69, 9.17) is 0 Å². The van der Waals surface area contributed by atoms with Crippen LogP contribution in [0.25, 0.3) is 0 Å². The van der Waals surface area contributed by atoms with Crippen molar-refractivity contribution in [3.63, 3.8) is 0 Å². The van der Waals surface area contributed by atoms with Gasteiger partial charge in [-0.1, -0.05) is 52.7 Å². The van der Waals surface area contributed by atoms with Gasteiger partial charge in [-0.25, -0.2) is 4.68 Å². The third-order valence-corrected chi connectivity index (χ3v) is 4.16. The smallest absolute Gasteiger partial charge is 0.0802 e. The zero-order valence-corrected chi connectivity index (χ0v) is 14.5. The summed E-state index contributed by atoms with van der Waals surface area (Å²) < 4.78 is 3.12. The van der Waals surface area contributed by atoms with Crippen molar-refractivity contribution < 1.29 is 0 Å². The summed E-state index contributed by atoms with van der Waals surface area (Å²) in [6.07, 6.45) is 4.01. The zero-order valence-electron chi connectivity index (χ0n) is 12.9. The average Bonchev–Trinajstić information content (AvgIpc) is 2.92. The maximum Gasteiger partial charge on any atom is 0.0802 e. The van der Waals surface area contributed by atoms with E-state index in [0.717, 1.165) is 36.1 Å². The minimum atomic E-state index is 0.112. The number of aromatic nitrogens is 3. The average molecular weight is 351 g/mol. The van der Waals surface area contributed by atoms with E-state index in [-0.39, 0.29) is 6.04 Å². The summed E-state index contributed by atoms with van der Waals surface area (Å²) in [6, 6.07) is 6.56. The van der Waals surface area contributed by atoms with E-state index in [1.54, 1.807) is 0 Å². The van der Waals surface area contributed by atoms with E-state index >= 15 is 0 Å². The van der Waals surface area contributed by atoms with Crippen molar-refractivity contribution in [3.05, 3.63) is 45.7 Å². The zero-order chi connectivity index (χ0) is 15.2. The number of rotatable bonds is 7. The number of nitrogens with zero attached hydrogens (tertiary/aromatic N) is 3. The molecule has 21 heavy (non-hydrogen) atoms. The molecule has 1 aromatic heterocycles. The molecule has 0 spiro atoms. The Bertz CT molecular complexity index is 579. The number of hydrogen-bond donors (Lipinski definition) is 1. The minimum Gasteiger partial charge on any atom is -0.305 e. The second kappa shape index (κ2) is 7.71. The van der Waals surface area contributed by atoms with Crippen molar-refractivity contribution in [1.82, 2.24) is 20.3 Å². The summed E-state index contributed by atoms with van der Waals surface area (Å²) >= 11 is 3.68. The first-order chi connectivity index (χ1) is 10.2. The predicted molar refractivity (Wildman–Crippen MR) is 89.3 cm³/mol. The quantitative estimate of drug-likeness (QED) is 0.824. The maximum atomic E-state index is 4.22. The SMILES string of the molecule is CCCNC(c1cc(C)ccc1Br)c1cnnn1CCC. The van der Waals surface area contributed by atoms with Crippen LogP contribution >= 0.6 is 15.9 Å². The Labute approximate surface area is 135 Å². The van der Waals surface area contributed by atoms with Gasteiger partial charge >= 0.3 is 0 Å². The van der Waals surface area contributed by atoms with Crippen LogP contribution in [0.5, 0.6) is 0 Å². The standard InChI is InChI=1S/C16H23BrN4/c1-4-8-18-16(13-10-12(3)6-7-14(13)17)15-11-19-20-21(15)9-5-2/h6-7,10-11,16,18H,4-5,8-9H2,1-3H3. The summed E-state index contributed by atoms with van der Waals surface area (Å²) in [4.78, 5) is 0. The van der Waals surface area contributed by atoms with E-state index in [9.17, 15) is 0 Å². The van der Waals surface area contributed by atoms with Crippen LogP contribution in [0, 0.1) is 6.92 Å². The molecule has 2 aromatic rings. The van der Waals surface area contributed by atoms with Crippen molar-refractivity contribution in [3.8, 4) is 0 Å². The predicted octanol–water partition coefficient (Wildman–Crippen LogP) is 3.85. The van der Waals surface area contributed by atoms with E-state index in [2.05, 4.69) is 70.5 Å². The lowest BCUT2D eigenvalue weighted by Gasteiger charge is -2.21. The van der Waals surface area contributed by atoms with Gasteiger partial charge in [-0.15, -0.1) is 5.10 Å². The lowest BCUT2D eigenvalue weighted by atomic mass is 10.0. The van der Waals surface area contributed by atoms with Crippen LogP contribution in [0.1, 0.15) is 49.6 Å². The van der Waals surface area contributed by atoms with Crippen LogP contribution in [0.15, 0.2) is 28.9 Å². The van der Waals surface area contributed by atoms with Crippen molar-refractivity contribution >= 4 is 15.9 Å². The summed E-state index contributed by atoms with van der Waals surface area (Å²) in [7, 11) is 0. The molecule has 1 heterocycles.